The predicted octanol–water partition coefficient (Wildman–Crippen LogP) is 3.99. The summed E-state index contributed by atoms with van der Waals surface area (Å²) < 4.78 is 5.38. The van der Waals surface area contributed by atoms with E-state index in [4.69, 9.17) is 9.72 Å². The second kappa shape index (κ2) is 7.80. The first-order valence-electron chi connectivity index (χ1n) is 9.53. The van der Waals surface area contributed by atoms with E-state index in [1.54, 1.807) is 11.0 Å². The predicted molar refractivity (Wildman–Crippen MR) is 108 cm³/mol. The molecule has 1 fully saturated rings. The molecule has 0 saturated carbocycles. The van der Waals surface area contributed by atoms with Gasteiger partial charge in [-0.2, -0.15) is 0 Å². The van der Waals surface area contributed by atoms with Gasteiger partial charge < -0.3 is 9.64 Å². The number of nitrogens with zero attached hydrogens (tertiary/aromatic N) is 2. The summed E-state index contributed by atoms with van der Waals surface area (Å²) >= 11 is 0. The number of hydrogen-bond donors (Lipinski definition) is 0. The maximum absolute atomic E-state index is 12.9. The number of fused-ring (bicyclic) bond motifs is 1. The zero-order valence-corrected chi connectivity index (χ0v) is 15.9. The van der Waals surface area contributed by atoms with Crippen molar-refractivity contribution in [3.63, 3.8) is 0 Å². The minimum Gasteiger partial charge on any atom is -0.452 e. The Bertz CT molecular complexity index is 1020. The van der Waals surface area contributed by atoms with E-state index in [1.807, 2.05) is 55.5 Å². The number of aromatic nitrogens is 1. The van der Waals surface area contributed by atoms with Gasteiger partial charge in [0.2, 0.25) is 0 Å². The summed E-state index contributed by atoms with van der Waals surface area (Å²) in [5, 5.41) is 0.735. The molecule has 0 bridgehead atoms. The van der Waals surface area contributed by atoms with Crippen LogP contribution in [0.2, 0.25) is 0 Å². The molecule has 3 aromatic rings. The molecule has 2 aromatic carbocycles. The van der Waals surface area contributed by atoms with Gasteiger partial charge in [-0.1, -0.05) is 42.0 Å². The van der Waals surface area contributed by atoms with Gasteiger partial charge in [0, 0.05) is 24.0 Å². The van der Waals surface area contributed by atoms with Gasteiger partial charge in [0.1, 0.15) is 0 Å². The van der Waals surface area contributed by atoms with Crippen LogP contribution in [0.25, 0.3) is 22.2 Å². The fourth-order valence-corrected chi connectivity index (χ4v) is 3.53. The van der Waals surface area contributed by atoms with E-state index in [1.165, 1.54) is 0 Å². The normalized spacial score (nSPS) is 13.7. The molecule has 0 atom stereocenters. The number of hydrogen-bond acceptors (Lipinski definition) is 4. The van der Waals surface area contributed by atoms with E-state index in [0.29, 0.717) is 11.3 Å². The summed E-state index contributed by atoms with van der Waals surface area (Å²) in [6.45, 7) is 3.23. The van der Waals surface area contributed by atoms with Crippen molar-refractivity contribution in [2.75, 3.05) is 19.7 Å². The van der Waals surface area contributed by atoms with E-state index in [9.17, 15) is 9.59 Å². The zero-order valence-electron chi connectivity index (χ0n) is 15.9. The van der Waals surface area contributed by atoms with Gasteiger partial charge in [-0.15, -0.1) is 0 Å². The Morgan fingerprint density at radius 3 is 2.54 bits per heavy atom. The molecule has 0 aliphatic carbocycles. The number of pyridine rings is 1. The van der Waals surface area contributed by atoms with Crippen LogP contribution >= 0.6 is 0 Å². The highest BCUT2D eigenvalue weighted by Gasteiger charge is 2.21. The molecule has 5 heteroatoms. The van der Waals surface area contributed by atoms with Crippen LogP contribution in [0.1, 0.15) is 28.8 Å². The van der Waals surface area contributed by atoms with Gasteiger partial charge in [-0.3, -0.25) is 4.79 Å². The van der Waals surface area contributed by atoms with Gasteiger partial charge in [-0.05, 0) is 38.0 Å². The third kappa shape index (κ3) is 3.74. The second-order valence-corrected chi connectivity index (χ2v) is 7.11. The van der Waals surface area contributed by atoms with Gasteiger partial charge in [-0.25, -0.2) is 9.78 Å². The number of likely N-dealkylation sites (tertiary alicyclic amines) is 1. The first kappa shape index (κ1) is 18.2. The number of amides is 1. The van der Waals surface area contributed by atoms with Crippen molar-refractivity contribution >= 4 is 22.8 Å². The summed E-state index contributed by atoms with van der Waals surface area (Å²) in [4.78, 5) is 31.5. The zero-order chi connectivity index (χ0) is 19.5. The maximum atomic E-state index is 12.9. The fraction of sp³-hybridized carbons (Fsp3) is 0.261. The maximum Gasteiger partial charge on any atom is 0.339 e. The smallest absolute Gasteiger partial charge is 0.339 e. The highest BCUT2D eigenvalue weighted by atomic mass is 16.5. The SMILES string of the molecule is Cc1ccc2nc(-c3ccccc3)cc(C(=O)OCC(=O)N3CCCC3)c2c1. The second-order valence-electron chi connectivity index (χ2n) is 7.11. The third-order valence-corrected chi connectivity index (χ3v) is 5.04. The molecule has 0 unspecified atom stereocenters. The van der Waals surface area contributed by atoms with Crippen LogP contribution in [0, 0.1) is 6.92 Å². The van der Waals surface area contributed by atoms with Crippen molar-refractivity contribution in [1.29, 1.82) is 0 Å². The number of carbonyl (C=O) groups excluding carboxylic acids is 2. The molecular formula is C23H22N2O3. The molecule has 0 radical (unpaired) electrons. The summed E-state index contributed by atoms with van der Waals surface area (Å²) in [5.74, 6) is -0.633. The molecule has 1 aromatic heterocycles. The number of rotatable bonds is 4. The number of esters is 1. The average Bonchev–Trinajstić information content (AvgIpc) is 3.26. The van der Waals surface area contributed by atoms with E-state index < -0.39 is 5.97 Å². The average molecular weight is 374 g/mol. The molecule has 4 rings (SSSR count). The van der Waals surface area contributed by atoms with Crippen molar-refractivity contribution < 1.29 is 14.3 Å². The quantitative estimate of drug-likeness (QED) is 0.648. The molecule has 142 valence electrons. The number of aryl methyl sites for hydroxylation is 1. The standard InChI is InChI=1S/C23H22N2O3/c1-16-9-10-20-18(13-16)19(14-21(24-20)17-7-3-2-4-8-17)23(27)28-15-22(26)25-11-5-6-12-25/h2-4,7-10,13-14H,5-6,11-12,15H2,1H3. The van der Waals surface area contributed by atoms with Crippen LogP contribution < -0.4 is 0 Å². The molecule has 5 nitrogen and oxygen atoms in total. The Hall–Kier alpha value is -3.21. The van der Waals surface area contributed by atoms with Crippen molar-refractivity contribution in [1.82, 2.24) is 9.88 Å². The molecule has 1 aliphatic heterocycles. The summed E-state index contributed by atoms with van der Waals surface area (Å²) in [6, 6.07) is 17.3. The first-order chi connectivity index (χ1) is 13.6. The topological polar surface area (TPSA) is 59.5 Å². The summed E-state index contributed by atoms with van der Waals surface area (Å²) in [5.41, 5.74) is 3.82. The van der Waals surface area contributed by atoms with E-state index in [-0.39, 0.29) is 12.5 Å². The first-order valence-corrected chi connectivity index (χ1v) is 9.53. The van der Waals surface area contributed by atoms with Crippen molar-refractivity contribution in [3.8, 4) is 11.3 Å². The molecule has 28 heavy (non-hydrogen) atoms. The van der Waals surface area contributed by atoms with Gasteiger partial charge >= 0.3 is 5.97 Å². The third-order valence-electron chi connectivity index (χ3n) is 5.04. The minimum atomic E-state index is -0.497. The van der Waals surface area contributed by atoms with Gasteiger partial charge in [0.05, 0.1) is 16.8 Å². The number of benzene rings is 2. The minimum absolute atomic E-state index is 0.135. The largest absolute Gasteiger partial charge is 0.452 e. The van der Waals surface area contributed by atoms with Gasteiger partial charge in [0.25, 0.3) is 5.91 Å². The molecule has 1 aliphatic rings. The highest BCUT2D eigenvalue weighted by molar-refractivity contribution is 6.05. The molecule has 1 amide bonds. The van der Waals surface area contributed by atoms with E-state index >= 15 is 0 Å². The molecule has 0 spiro atoms. The van der Waals surface area contributed by atoms with Crippen LogP contribution in [0.5, 0.6) is 0 Å². The Kier molecular flexibility index (Phi) is 5.06. The van der Waals surface area contributed by atoms with Crippen molar-refractivity contribution in [2.45, 2.75) is 19.8 Å². The van der Waals surface area contributed by atoms with Crippen molar-refractivity contribution in [2.24, 2.45) is 0 Å². The van der Waals surface area contributed by atoms with Crippen LogP contribution in [-0.4, -0.2) is 41.5 Å². The van der Waals surface area contributed by atoms with E-state index in [0.717, 1.165) is 48.0 Å². The lowest BCUT2D eigenvalue weighted by Crippen LogP contribution is -2.32. The summed E-state index contributed by atoms with van der Waals surface area (Å²) in [7, 11) is 0. The molecular weight excluding hydrogens is 352 g/mol. The van der Waals surface area contributed by atoms with E-state index in [2.05, 4.69) is 0 Å². The lowest BCUT2D eigenvalue weighted by Gasteiger charge is -2.15. The Balaban J connectivity index is 1.66. The molecule has 0 N–H and O–H groups in total. The Morgan fingerprint density at radius 1 is 1.04 bits per heavy atom. The highest BCUT2D eigenvalue weighted by Crippen LogP contribution is 2.26. The lowest BCUT2D eigenvalue weighted by atomic mass is 10.0. The Morgan fingerprint density at radius 2 is 1.79 bits per heavy atom. The lowest BCUT2D eigenvalue weighted by molar-refractivity contribution is -0.133. The number of carbonyl (C=O) groups is 2. The molecule has 1 saturated heterocycles. The van der Waals surface area contributed by atoms with Crippen LogP contribution in [-0.2, 0) is 9.53 Å². The summed E-state index contributed by atoms with van der Waals surface area (Å²) in [6.07, 6.45) is 2.02. The van der Waals surface area contributed by atoms with Gasteiger partial charge in [0.15, 0.2) is 6.61 Å². The molecule has 2 heterocycles. The van der Waals surface area contributed by atoms with Crippen LogP contribution in [0.15, 0.2) is 54.6 Å². The fourth-order valence-electron chi connectivity index (χ4n) is 3.53. The van der Waals surface area contributed by atoms with Crippen LogP contribution in [0.4, 0.5) is 0 Å². The van der Waals surface area contributed by atoms with Crippen LogP contribution in [0.3, 0.4) is 0 Å². The van der Waals surface area contributed by atoms with Crippen molar-refractivity contribution in [3.05, 3.63) is 65.7 Å². The monoisotopic (exact) mass is 374 g/mol. The number of ether oxygens (including phenoxy) is 1. The Labute approximate surface area is 163 Å².